The quantitative estimate of drug-likeness (QED) is 0.780. The first kappa shape index (κ1) is 10.8. The van der Waals surface area contributed by atoms with Gasteiger partial charge in [-0.3, -0.25) is 9.97 Å². The van der Waals surface area contributed by atoms with Gasteiger partial charge in [-0.1, -0.05) is 17.7 Å². The van der Waals surface area contributed by atoms with E-state index in [2.05, 4.69) is 9.97 Å². The molecule has 2 aromatic rings. The van der Waals surface area contributed by atoms with Gasteiger partial charge in [-0.25, -0.2) is 0 Å². The van der Waals surface area contributed by atoms with E-state index in [1.165, 1.54) is 5.57 Å². The number of fused-ring (bicyclic) bond motifs is 1. The van der Waals surface area contributed by atoms with Crippen LogP contribution in [-0.4, -0.2) is 9.97 Å². The van der Waals surface area contributed by atoms with E-state index >= 15 is 0 Å². The first-order valence-electron chi connectivity index (χ1n) is 5.28. The maximum Gasteiger partial charge on any atom is 0.0890 e. The lowest BCUT2D eigenvalue weighted by Gasteiger charge is -2.08. The SMILES string of the molecule is CC(C)=CC(N)c1ccc2nccnc2c1. The van der Waals surface area contributed by atoms with Crippen LogP contribution in [-0.2, 0) is 0 Å². The van der Waals surface area contributed by atoms with Crippen molar-refractivity contribution < 1.29 is 0 Å². The number of allylic oxidation sites excluding steroid dienone is 1. The Balaban J connectivity index is 2.43. The predicted octanol–water partition coefficient (Wildman–Crippen LogP) is 2.60. The van der Waals surface area contributed by atoms with Gasteiger partial charge in [-0.15, -0.1) is 0 Å². The van der Waals surface area contributed by atoms with Crippen LogP contribution < -0.4 is 5.73 Å². The number of hydrogen-bond donors (Lipinski definition) is 1. The lowest BCUT2D eigenvalue weighted by atomic mass is 10.0. The Morgan fingerprint density at radius 3 is 2.56 bits per heavy atom. The molecule has 2 rings (SSSR count). The minimum Gasteiger partial charge on any atom is -0.321 e. The van der Waals surface area contributed by atoms with Gasteiger partial charge in [0.1, 0.15) is 0 Å². The molecule has 1 aromatic carbocycles. The van der Waals surface area contributed by atoms with Crippen molar-refractivity contribution in [1.29, 1.82) is 0 Å². The Bertz CT molecular complexity index is 527. The standard InChI is InChI=1S/C13H15N3/c1-9(2)7-11(14)10-3-4-12-13(8-10)16-6-5-15-12/h3-8,11H,14H2,1-2H3. The summed E-state index contributed by atoms with van der Waals surface area (Å²) in [6, 6.07) is 5.88. The van der Waals surface area contributed by atoms with E-state index in [0.717, 1.165) is 16.6 Å². The topological polar surface area (TPSA) is 51.8 Å². The smallest absolute Gasteiger partial charge is 0.0890 e. The summed E-state index contributed by atoms with van der Waals surface area (Å²) < 4.78 is 0. The van der Waals surface area contributed by atoms with Crippen LogP contribution in [0.2, 0.25) is 0 Å². The van der Waals surface area contributed by atoms with Crippen LogP contribution in [0.4, 0.5) is 0 Å². The molecule has 1 aromatic heterocycles. The van der Waals surface area contributed by atoms with Gasteiger partial charge in [-0.05, 0) is 31.5 Å². The van der Waals surface area contributed by atoms with Gasteiger partial charge < -0.3 is 5.73 Å². The molecule has 0 fully saturated rings. The van der Waals surface area contributed by atoms with Gasteiger partial charge >= 0.3 is 0 Å². The third-order valence-electron chi connectivity index (χ3n) is 2.39. The molecule has 0 spiro atoms. The zero-order valence-electron chi connectivity index (χ0n) is 9.51. The van der Waals surface area contributed by atoms with E-state index in [-0.39, 0.29) is 6.04 Å². The highest BCUT2D eigenvalue weighted by Gasteiger charge is 2.04. The molecule has 0 amide bonds. The summed E-state index contributed by atoms with van der Waals surface area (Å²) in [5, 5.41) is 0. The minimum atomic E-state index is -0.0728. The van der Waals surface area contributed by atoms with E-state index in [1.807, 2.05) is 38.1 Å². The molecule has 2 N–H and O–H groups in total. The average molecular weight is 213 g/mol. The van der Waals surface area contributed by atoms with Gasteiger partial charge in [0, 0.05) is 18.4 Å². The summed E-state index contributed by atoms with van der Waals surface area (Å²) in [4.78, 5) is 8.49. The molecule has 0 saturated carbocycles. The molecular formula is C13H15N3. The molecule has 1 atom stereocenters. The molecule has 1 unspecified atom stereocenters. The van der Waals surface area contributed by atoms with E-state index in [1.54, 1.807) is 12.4 Å². The van der Waals surface area contributed by atoms with Gasteiger partial charge in [0.25, 0.3) is 0 Å². The number of hydrogen-bond acceptors (Lipinski definition) is 3. The summed E-state index contributed by atoms with van der Waals surface area (Å²) in [6.07, 6.45) is 5.42. The van der Waals surface area contributed by atoms with Gasteiger partial charge in [0.2, 0.25) is 0 Å². The van der Waals surface area contributed by atoms with E-state index in [4.69, 9.17) is 5.73 Å². The van der Waals surface area contributed by atoms with E-state index in [9.17, 15) is 0 Å². The van der Waals surface area contributed by atoms with Crippen molar-refractivity contribution in [3.63, 3.8) is 0 Å². The molecule has 0 aliphatic heterocycles. The first-order valence-corrected chi connectivity index (χ1v) is 5.28. The summed E-state index contributed by atoms with van der Waals surface area (Å²) in [7, 11) is 0. The first-order chi connectivity index (χ1) is 7.66. The Morgan fingerprint density at radius 2 is 1.88 bits per heavy atom. The summed E-state index contributed by atoms with van der Waals surface area (Å²) >= 11 is 0. The highest BCUT2D eigenvalue weighted by molar-refractivity contribution is 5.74. The lowest BCUT2D eigenvalue weighted by Crippen LogP contribution is -2.07. The Hall–Kier alpha value is -1.74. The predicted molar refractivity (Wildman–Crippen MR) is 65.9 cm³/mol. The van der Waals surface area contributed by atoms with Crippen LogP contribution in [0.1, 0.15) is 25.5 Å². The second kappa shape index (κ2) is 4.41. The second-order valence-corrected chi connectivity index (χ2v) is 4.07. The molecule has 16 heavy (non-hydrogen) atoms. The summed E-state index contributed by atoms with van der Waals surface area (Å²) in [5.41, 5.74) is 10.1. The summed E-state index contributed by atoms with van der Waals surface area (Å²) in [5.74, 6) is 0. The van der Waals surface area contributed by atoms with E-state index in [0.29, 0.717) is 0 Å². The number of rotatable bonds is 2. The van der Waals surface area contributed by atoms with Crippen LogP contribution in [0.25, 0.3) is 11.0 Å². The van der Waals surface area contributed by atoms with Gasteiger partial charge in [-0.2, -0.15) is 0 Å². The van der Waals surface area contributed by atoms with Gasteiger partial charge in [0.05, 0.1) is 11.0 Å². The van der Waals surface area contributed by atoms with Crippen LogP contribution in [0.3, 0.4) is 0 Å². The number of nitrogens with two attached hydrogens (primary N) is 1. The van der Waals surface area contributed by atoms with Crippen molar-refractivity contribution in [2.24, 2.45) is 5.73 Å². The molecule has 0 bridgehead atoms. The van der Waals surface area contributed by atoms with Crippen molar-refractivity contribution >= 4 is 11.0 Å². The molecule has 1 heterocycles. The highest BCUT2D eigenvalue weighted by atomic mass is 14.8. The molecule has 0 aliphatic carbocycles. The molecule has 82 valence electrons. The molecule has 3 heteroatoms. The molecule has 0 aliphatic rings. The molecule has 0 radical (unpaired) electrons. The Labute approximate surface area is 95.0 Å². The fourth-order valence-electron chi connectivity index (χ4n) is 1.64. The van der Waals surface area contributed by atoms with Gasteiger partial charge in [0.15, 0.2) is 0 Å². The Kier molecular flexibility index (Phi) is 2.97. The van der Waals surface area contributed by atoms with Crippen LogP contribution in [0.15, 0.2) is 42.2 Å². The molecular weight excluding hydrogens is 198 g/mol. The number of benzene rings is 1. The van der Waals surface area contributed by atoms with Crippen LogP contribution in [0.5, 0.6) is 0 Å². The Morgan fingerprint density at radius 1 is 1.19 bits per heavy atom. The number of nitrogens with zero attached hydrogens (tertiary/aromatic N) is 2. The fourth-order valence-corrected chi connectivity index (χ4v) is 1.64. The normalized spacial score (nSPS) is 12.4. The monoisotopic (exact) mass is 213 g/mol. The third kappa shape index (κ3) is 2.25. The van der Waals surface area contributed by atoms with Crippen molar-refractivity contribution in [1.82, 2.24) is 9.97 Å². The van der Waals surface area contributed by atoms with Crippen molar-refractivity contribution in [2.75, 3.05) is 0 Å². The maximum absolute atomic E-state index is 6.06. The lowest BCUT2D eigenvalue weighted by molar-refractivity contribution is 0.900. The van der Waals surface area contributed by atoms with Crippen molar-refractivity contribution in [3.05, 3.63) is 47.8 Å². The summed E-state index contributed by atoms with van der Waals surface area (Å²) in [6.45, 7) is 4.08. The van der Waals surface area contributed by atoms with E-state index < -0.39 is 0 Å². The largest absolute Gasteiger partial charge is 0.321 e. The van der Waals surface area contributed by atoms with Crippen molar-refractivity contribution in [3.8, 4) is 0 Å². The number of aromatic nitrogens is 2. The van der Waals surface area contributed by atoms with Crippen LogP contribution in [0, 0.1) is 0 Å². The molecule has 0 saturated heterocycles. The maximum atomic E-state index is 6.06. The zero-order chi connectivity index (χ0) is 11.5. The van der Waals surface area contributed by atoms with Crippen molar-refractivity contribution in [2.45, 2.75) is 19.9 Å². The highest BCUT2D eigenvalue weighted by Crippen LogP contribution is 2.17. The average Bonchev–Trinajstić information content (AvgIpc) is 2.27. The third-order valence-corrected chi connectivity index (χ3v) is 2.39. The van der Waals surface area contributed by atoms with Crippen LogP contribution >= 0.6 is 0 Å². The minimum absolute atomic E-state index is 0.0728. The zero-order valence-corrected chi connectivity index (χ0v) is 9.51. The molecule has 3 nitrogen and oxygen atoms in total. The second-order valence-electron chi connectivity index (χ2n) is 4.07. The fraction of sp³-hybridized carbons (Fsp3) is 0.231.